The molecular weight excluding hydrogens is 1270 g/mol. The van der Waals surface area contributed by atoms with Gasteiger partial charge < -0.3 is 60.7 Å². The van der Waals surface area contributed by atoms with Crippen molar-refractivity contribution in [3.05, 3.63) is 78.6 Å². The number of nitrogens with two attached hydrogens (primary N) is 3. The number of aryl methyl sites for hydroxylation is 1. The molecule has 39 nitrogen and oxygen atoms in total. The van der Waals surface area contributed by atoms with E-state index >= 15 is 0 Å². The highest BCUT2D eigenvalue weighted by Crippen LogP contribution is 2.54. The van der Waals surface area contributed by atoms with Gasteiger partial charge in [-0.2, -0.15) is 22.6 Å². The van der Waals surface area contributed by atoms with Crippen molar-refractivity contribution in [3.63, 3.8) is 0 Å². The Bertz CT molecular complexity index is 4110. The van der Waals surface area contributed by atoms with Crippen LogP contribution in [0, 0.1) is 6.92 Å². The molecule has 0 radical (unpaired) electrons. The van der Waals surface area contributed by atoms with Crippen molar-refractivity contribution >= 4 is 87.3 Å². The van der Waals surface area contributed by atoms with Gasteiger partial charge in [-0.25, -0.2) is 43.4 Å². The van der Waals surface area contributed by atoms with Gasteiger partial charge in [0, 0.05) is 44.1 Å². The zero-order valence-electron chi connectivity index (χ0n) is 46.8. The maximum absolute atomic E-state index is 14.2. The van der Waals surface area contributed by atoms with E-state index in [0.717, 1.165) is 31.3 Å². The topological polar surface area (TPSA) is 537 Å². The fraction of sp³-hybridized carbons (Fsp3) is 0.587. The van der Waals surface area contributed by atoms with Crippen LogP contribution in [0.15, 0.2) is 50.7 Å². The highest BCUT2D eigenvalue weighted by molar-refractivity contribution is 7.80. The first-order valence-corrected chi connectivity index (χ1v) is 32.7. The van der Waals surface area contributed by atoms with Gasteiger partial charge in [0.15, 0.2) is 33.8 Å². The van der Waals surface area contributed by atoms with E-state index in [1.54, 1.807) is 0 Å². The van der Waals surface area contributed by atoms with Gasteiger partial charge in [-0.15, -0.1) is 0 Å². The number of nitrogens with zero attached hydrogens (tertiary/aromatic N) is 11. The van der Waals surface area contributed by atoms with Crippen molar-refractivity contribution in [2.45, 2.75) is 132 Å². The summed E-state index contributed by atoms with van der Waals surface area (Å²) >= 11 is 4.25. The van der Waals surface area contributed by atoms with Crippen LogP contribution in [-0.2, 0) is 64.5 Å². The molecule has 11 rings (SSSR count). The quantitative estimate of drug-likeness (QED) is 0.0186. The Morgan fingerprint density at radius 2 is 1.01 bits per heavy atom. The van der Waals surface area contributed by atoms with Gasteiger partial charge in [0.05, 0.1) is 51.5 Å². The smallest absolute Gasteiger partial charge is 0.394 e. The first-order valence-electron chi connectivity index (χ1n) is 27.6. The predicted octanol–water partition coefficient (Wildman–Crippen LogP) is 0.222. The van der Waals surface area contributed by atoms with Crippen LogP contribution in [0.5, 0.6) is 0 Å². The molecule has 89 heavy (non-hydrogen) atoms. The summed E-state index contributed by atoms with van der Waals surface area (Å²) in [6.07, 6.45) is -6.21. The summed E-state index contributed by atoms with van der Waals surface area (Å²) in [4.78, 5) is 120. The number of aliphatic hydroxyl groups is 1. The van der Waals surface area contributed by atoms with Crippen LogP contribution >= 0.6 is 36.1 Å². The van der Waals surface area contributed by atoms with Gasteiger partial charge >= 0.3 is 29.2 Å². The average Bonchev–Trinajstić information content (AvgIpc) is 1.72. The third-order valence-corrected chi connectivity index (χ3v) is 18.3. The summed E-state index contributed by atoms with van der Waals surface area (Å²) in [7, 11) is -15.8. The monoisotopic (exact) mass is 1330 g/mol. The molecule has 4 saturated heterocycles. The minimum atomic E-state index is -5.37. The molecule has 7 aromatic rings. The zero-order chi connectivity index (χ0) is 63.1. The third-order valence-electron chi connectivity index (χ3n) is 15.0. The number of thiol groups is 1. The number of hydrogen-bond donors (Lipinski definition) is 11. The van der Waals surface area contributed by atoms with E-state index in [0.29, 0.717) is 6.42 Å². The Kier molecular flexibility index (Phi) is 19.2. The number of rotatable bonds is 27. The number of unbranched alkanes of at least 4 members (excludes halogenated alkanes) is 3. The summed E-state index contributed by atoms with van der Waals surface area (Å²) in [5.74, 6) is 0.213. The lowest BCUT2D eigenvalue weighted by molar-refractivity contribution is -0.0688. The highest BCUT2D eigenvalue weighted by atomic mass is 32.1. The first-order chi connectivity index (χ1) is 42.5. The maximum atomic E-state index is 14.2. The van der Waals surface area contributed by atoms with Crippen LogP contribution in [0.4, 0.5) is 17.7 Å². The van der Waals surface area contributed by atoms with E-state index in [9.17, 15) is 52.7 Å². The Morgan fingerprint density at radius 1 is 0.573 bits per heavy atom. The highest BCUT2D eigenvalue weighted by Gasteiger charge is 2.49. The standard InChI is InChI=1S/C46H62N17O22P3S/c1-21-12-60(46(68)59-41(21)65)30-8-22(75-6-4-2-3-5-7-89)27(80-30)14-76-87(71,72)85-25-11-33(63-20-54-36-40(63)56-45(49)58-43(36)67)82-29(25)16-78-88(73,74)84-24-10-31(61-18-52-34-37(47)50-17-51-38(34)61)81-28(24)15-77-86(69,70)83-23-9-32(79-26(23)13-64)62-19-53-35-39(62)55-44(48)57-42(35)66/h12,17-20,22-33,64,89H,2-11,13-16H2,1H3,(H,69,70)(H,71,72)(H,73,74)(H2,47,50,51)(H,59,65,68)(H3,48,55,57,66)(H3,49,56,58,67)/t22-,23-,24-,25-,26+,27+,28+,29+,30+,31+,32+,33+/m0/s1. The Hall–Kier alpha value is -6.23. The zero-order valence-corrected chi connectivity index (χ0v) is 50.4. The molecule has 0 aromatic carbocycles. The Balaban J connectivity index is 0.793. The molecule has 0 spiro atoms. The van der Waals surface area contributed by atoms with Gasteiger partial charge in [0.25, 0.3) is 16.7 Å². The Labute approximate surface area is 504 Å². The number of hydrogen-bond acceptors (Lipinski definition) is 30. The lowest BCUT2D eigenvalue weighted by Gasteiger charge is -2.25. The van der Waals surface area contributed by atoms with E-state index in [1.165, 1.54) is 50.4 Å². The van der Waals surface area contributed by atoms with Crippen molar-refractivity contribution in [1.29, 1.82) is 0 Å². The largest absolute Gasteiger partial charge is 0.472 e. The number of phosphoric acid groups is 3. The molecule has 11 heterocycles. The van der Waals surface area contributed by atoms with Crippen molar-refractivity contribution in [2.24, 2.45) is 0 Å². The number of aliphatic hydroxyl groups excluding tert-OH is 1. The van der Waals surface area contributed by atoms with Gasteiger partial charge in [-0.3, -0.25) is 74.7 Å². The van der Waals surface area contributed by atoms with Crippen molar-refractivity contribution < 1.29 is 84.3 Å². The Morgan fingerprint density at radius 3 is 1.52 bits per heavy atom. The van der Waals surface area contributed by atoms with Crippen LogP contribution in [0.25, 0.3) is 33.5 Å². The second-order valence-electron chi connectivity index (χ2n) is 21.0. The van der Waals surface area contributed by atoms with Gasteiger partial charge in [-0.1, -0.05) is 12.8 Å². The summed E-state index contributed by atoms with van der Waals surface area (Å²) in [6.45, 7) is -1.36. The lowest BCUT2D eigenvalue weighted by Crippen LogP contribution is -2.33. The summed E-state index contributed by atoms with van der Waals surface area (Å²) in [6, 6.07) is 0. The second kappa shape index (κ2) is 26.5. The summed E-state index contributed by atoms with van der Waals surface area (Å²) < 4.78 is 111. The number of imidazole rings is 3. The molecule has 484 valence electrons. The predicted molar refractivity (Wildman–Crippen MR) is 306 cm³/mol. The molecule has 13 N–H and O–H groups in total. The van der Waals surface area contributed by atoms with E-state index < -0.39 is 146 Å². The molecule has 0 bridgehead atoms. The fourth-order valence-electron chi connectivity index (χ4n) is 10.7. The van der Waals surface area contributed by atoms with Crippen LogP contribution in [0.3, 0.4) is 0 Å². The second-order valence-corrected chi connectivity index (χ2v) is 25.7. The van der Waals surface area contributed by atoms with Crippen molar-refractivity contribution in [2.75, 3.05) is 56.0 Å². The molecule has 3 unspecified atom stereocenters. The molecular formula is C46H62N17O22P3S. The number of H-pyrrole nitrogens is 3. The maximum Gasteiger partial charge on any atom is 0.472 e. The van der Waals surface area contributed by atoms with E-state index in [2.05, 4.69) is 62.5 Å². The lowest BCUT2D eigenvalue weighted by atomic mass is 10.1. The van der Waals surface area contributed by atoms with Crippen LogP contribution < -0.4 is 39.6 Å². The number of nitrogens with one attached hydrogen (secondary N) is 3. The van der Waals surface area contributed by atoms with E-state index in [1.807, 2.05) is 0 Å². The van der Waals surface area contributed by atoms with E-state index in [4.69, 9.17) is 68.0 Å². The van der Waals surface area contributed by atoms with Crippen molar-refractivity contribution in [3.8, 4) is 0 Å². The minimum absolute atomic E-state index is 0.00761. The molecule has 4 aliphatic rings. The van der Waals surface area contributed by atoms with Crippen LogP contribution in [0.1, 0.15) is 81.8 Å². The van der Waals surface area contributed by atoms with Crippen LogP contribution in [0.2, 0.25) is 0 Å². The normalized spacial score (nSPS) is 27.7. The molecule has 15 atom stereocenters. The molecule has 43 heteroatoms. The summed E-state index contributed by atoms with van der Waals surface area (Å²) in [5.41, 5.74) is 15.2. The van der Waals surface area contributed by atoms with E-state index in [-0.39, 0.29) is 89.1 Å². The number of aromatic nitrogens is 14. The minimum Gasteiger partial charge on any atom is -0.394 e. The third kappa shape index (κ3) is 14.4. The van der Waals surface area contributed by atoms with Gasteiger partial charge in [-0.05, 0) is 25.5 Å². The van der Waals surface area contributed by atoms with Gasteiger partial charge in [0.1, 0.15) is 79.5 Å². The van der Waals surface area contributed by atoms with Gasteiger partial charge in [0.2, 0.25) is 11.9 Å². The molecule has 0 aliphatic carbocycles. The van der Waals surface area contributed by atoms with Crippen molar-refractivity contribution in [1.82, 2.24) is 68.1 Å². The SMILES string of the molecule is Cc1cn([C@H]2C[C@H](OCCCCCCS)[C@@H](COP(=O)(O)O[C@H]3C[C@H](n4cnc5c(=O)[nH]c(N)nc54)O[C@@H]3COP(=O)(O)O[C@H]3C[C@H](n4cnc5c(N)ncnc54)O[C@@H]3COP(=O)(O)O[C@H]3C[C@H](n4cnc5c(=O)[nH]c(N)nc54)O[C@@H]3CO)O2)c(=O)[nH]c1=O. The number of phosphoric ester groups is 3. The molecule has 0 amide bonds. The molecule has 4 fully saturated rings. The number of fused-ring (bicyclic) bond motifs is 3. The number of aromatic amines is 3. The number of nitrogen functional groups attached to an aromatic ring is 3. The first kappa shape index (κ1) is 64.3. The average molecular weight is 1330 g/mol. The fourth-order valence-corrected chi connectivity index (χ4v) is 13.8. The molecule has 7 aromatic heterocycles. The number of anilines is 3. The summed E-state index contributed by atoms with van der Waals surface area (Å²) in [5, 5.41) is 10.2. The van der Waals surface area contributed by atoms with Crippen LogP contribution in [-0.4, -0.2) is 176 Å². The molecule has 0 saturated carbocycles. The number of ether oxygens (including phenoxy) is 5. The molecule has 4 aliphatic heterocycles.